The molecule has 0 unspecified atom stereocenters. The molecule has 0 spiro atoms. The molecule has 0 atom stereocenters. The van der Waals surface area contributed by atoms with E-state index in [0.29, 0.717) is 0 Å². The Hall–Kier alpha value is -0.890. The summed E-state index contributed by atoms with van der Waals surface area (Å²) in [6, 6.07) is 5.05. The zero-order valence-corrected chi connectivity index (χ0v) is 10.7. The second-order valence-corrected chi connectivity index (χ2v) is 5.27. The molecule has 1 aromatic rings. The molecule has 0 fully saturated rings. The summed E-state index contributed by atoms with van der Waals surface area (Å²) in [5.74, 6) is -0.134. The molecular formula is C14H22FN. The molecule has 0 saturated carbocycles. The lowest BCUT2D eigenvalue weighted by atomic mass is 9.81. The number of nitrogens with one attached hydrogen (secondary N) is 1. The highest BCUT2D eigenvalue weighted by Gasteiger charge is 2.19. The van der Waals surface area contributed by atoms with Crippen molar-refractivity contribution in [3.8, 4) is 0 Å². The fourth-order valence-corrected chi connectivity index (χ4v) is 1.90. The lowest BCUT2D eigenvalue weighted by Gasteiger charge is -2.25. The van der Waals surface area contributed by atoms with Gasteiger partial charge in [-0.25, -0.2) is 4.39 Å². The van der Waals surface area contributed by atoms with E-state index < -0.39 is 0 Å². The van der Waals surface area contributed by atoms with Crippen LogP contribution in [-0.4, -0.2) is 13.6 Å². The zero-order chi connectivity index (χ0) is 12.2. The molecule has 0 bridgehead atoms. The molecule has 1 N–H and O–H groups in total. The van der Waals surface area contributed by atoms with Gasteiger partial charge in [-0.1, -0.05) is 19.9 Å². The molecular weight excluding hydrogens is 201 g/mol. The SMILES string of the molecule is CNCCC(C)(C)Cc1cc(F)ccc1C. The average Bonchev–Trinajstić information content (AvgIpc) is 2.20. The van der Waals surface area contributed by atoms with E-state index in [1.54, 1.807) is 6.07 Å². The Balaban J connectivity index is 2.74. The van der Waals surface area contributed by atoms with Crippen molar-refractivity contribution in [2.45, 2.75) is 33.6 Å². The van der Waals surface area contributed by atoms with Gasteiger partial charge >= 0.3 is 0 Å². The zero-order valence-electron chi connectivity index (χ0n) is 10.7. The van der Waals surface area contributed by atoms with E-state index in [4.69, 9.17) is 0 Å². The third kappa shape index (κ3) is 3.93. The number of rotatable bonds is 5. The Bertz CT molecular complexity index is 345. The van der Waals surface area contributed by atoms with Crippen LogP contribution in [0.4, 0.5) is 4.39 Å². The van der Waals surface area contributed by atoms with E-state index >= 15 is 0 Å². The van der Waals surface area contributed by atoms with Crippen molar-refractivity contribution >= 4 is 0 Å². The van der Waals surface area contributed by atoms with Gasteiger partial charge in [0.1, 0.15) is 5.82 Å². The minimum atomic E-state index is -0.134. The molecule has 0 saturated heterocycles. The van der Waals surface area contributed by atoms with E-state index in [1.807, 2.05) is 20.0 Å². The van der Waals surface area contributed by atoms with Crippen LogP contribution in [0.5, 0.6) is 0 Å². The van der Waals surface area contributed by atoms with Gasteiger partial charge in [0, 0.05) is 0 Å². The van der Waals surface area contributed by atoms with Crippen LogP contribution in [0, 0.1) is 18.2 Å². The number of hydrogen-bond donors (Lipinski definition) is 1. The maximum Gasteiger partial charge on any atom is 0.123 e. The maximum absolute atomic E-state index is 13.2. The first-order valence-electron chi connectivity index (χ1n) is 5.84. The summed E-state index contributed by atoms with van der Waals surface area (Å²) in [4.78, 5) is 0. The van der Waals surface area contributed by atoms with Gasteiger partial charge in [0.2, 0.25) is 0 Å². The summed E-state index contributed by atoms with van der Waals surface area (Å²) in [5, 5.41) is 3.16. The lowest BCUT2D eigenvalue weighted by Crippen LogP contribution is -2.22. The largest absolute Gasteiger partial charge is 0.320 e. The van der Waals surface area contributed by atoms with E-state index in [0.717, 1.165) is 24.9 Å². The smallest absolute Gasteiger partial charge is 0.123 e. The third-order valence-corrected chi connectivity index (χ3v) is 3.03. The second-order valence-electron chi connectivity index (χ2n) is 5.27. The van der Waals surface area contributed by atoms with Gasteiger partial charge in [-0.3, -0.25) is 0 Å². The van der Waals surface area contributed by atoms with Crippen LogP contribution in [0.25, 0.3) is 0 Å². The molecule has 0 amide bonds. The molecule has 16 heavy (non-hydrogen) atoms. The Morgan fingerprint density at radius 3 is 2.62 bits per heavy atom. The summed E-state index contributed by atoms with van der Waals surface area (Å²) in [7, 11) is 1.96. The highest BCUT2D eigenvalue weighted by atomic mass is 19.1. The Morgan fingerprint density at radius 2 is 2.00 bits per heavy atom. The van der Waals surface area contributed by atoms with Crippen molar-refractivity contribution in [1.29, 1.82) is 0 Å². The van der Waals surface area contributed by atoms with Gasteiger partial charge in [-0.2, -0.15) is 0 Å². The normalized spacial score (nSPS) is 11.8. The molecule has 0 radical (unpaired) electrons. The molecule has 1 nitrogen and oxygen atoms in total. The third-order valence-electron chi connectivity index (χ3n) is 3.03. The first kappa shape index (κ1) is 13.2. The van der Waals surface area contributed by atoms with Gasteiger partial charge in [0.15, 0.2) is 0 Å². The predicted molar refractivity (Wildman–Crippen MR) is 67.2 cm³/mol. The van der Waals surface area contributed by atoms with Crippen LogP contribution in [-0.2, 0) is 6.42 Å². The fraction of sp³-hybridized carbons (Fsp3) is 0.571. The molecule has 2 heteroatoms. The summed E-state index contributed by atoms with van der Waals surface area (Å²) >= 11 is 0. The monoisotopic (exact) mass is 223 g/mol. The highest BCUT2D eigenvalue weighted by Crippen LogP contribution is 2.27. The number of hydrogen-bond acceptors (Lipinski definition) is 1. The molecule has 90 valence electrons. The van der Waals surface area contributed by atoms with Gasteiger partial charge in [0.25, 0.3) is 0 Å². The Kier molecular flexibility index (Phi) is 4.48. The van der Waals surface area contributed by atoms with Crippen molar-refractivity contribution in [3.63, 3.8) is 0 Å². The van der Waals surface area contributed by atoms with Crippen molar-refractivity contribution in [1.82, 2.24) is 5.32 Å². The first-order valence-corrected chi connectivity index (χ1v) is 5.84. The van der Waals surface area contributed by atoms with Crippen LogP contribution in [0.2, 0.25) is 0 Å². The molecule has 0 aliphatic heterocycles. The van der Waals surface area contributed by atoms with E-state index in [9.17, 15) is 4.39 Å². The van der Waals surface area contributed by atoms with Gasteiger partial charge in [-0.15, -0.1) is 0 Å². The molecule has 0 aliphatic rings. The minimum absolute atomic E-state index is 0.134. The topological polar surface area (TPSA) is 12.0 Å². The van der Waals surface area contributed by atoms with Crippen LogP contribution in [0.1, 0.15) is 31.4 Å². The van der Waals surface area contributed by atoms with E-state index in [-0.39, 0.29) is 11.2 Å². The standard InChI is InChI=1S/C14H22FN/c1-11-5-6-13(15)9-12(11)10-14(2,3)7-8-16-4/h5-6,9,16H,7-8,10H2,1-4H3. The maximum atomic E-state index is 13.2. The van der Waals surface area contributed by atoms with Crippen molar-refractivity contribution in [2.24, 2.45) is 5.41 Å². The molecule has 0 heterocycles. The van der Waals surface area contributed by atoms with Gasteiger partial charge in [-0.05, 0) is 62.0 Å². The van der Waals surface area contributed by atoms with Crippen molar-refractivity contribution in [2.75, 3.05) is 13.6 Å². The summed E-state index contributed by atoms with van der Waals surface area (Å²) in [6.07, 6.45) is 2.03. The van der Waals surface area contributed by atoms with Crippen LogP contribution < -0.4 is 5.32 Å². The molecule has 0 aromatic heterocycles. The van der Waals surface area contributed by atoms with E-state index in [2.05, 4.69) is 19.2 Å². The highest BCUT2D eigenvalue weighted by molar-refractivity contribution is 5.27. The summed E-state index contributed by atoms with van der Waals surface area (Å²) in [6.45, 7) is 7.51. The molecule has 1 rings (SSSR count). The minimum Gasteiger partial charge on any atom is -0.320 e. The number of benzene rings is 1. The first-order chi connectivity index (χ1) is 7.44. The van der Waals surface area contributed by atoms with Gasteiger partial charge in [0.05, 0.1) is 0 Å². The molecule has 0 aliphatic carbocycles. The number of halogens is 1. The second kappa shape index (κ2) is 5.44. The van der Waals surface area contributed by atoms with Gasteiger partial charge < -0.3 is 5.32 Å². The van der Waals surface area contributed by atoms with Crippen LogP contribution in [0.3, 0.4) is 0 Å². The summed E-state index contributed by atoms with van der Waals surface area (Å²) in [5.41, 5.74) is 2.52. The predicted octanol–water partition coefficient (Wildman–Crippen LogP) is 3.31. The van der Waals surface area contributed by atoms with Crippen LogP contribution >= 0.6 is 0 Å². The summed E-state index contributed by atoms with van der Waals surface area (Å²) < 4.78 is 13.2. The Labute approximate surface area is 98.1 Å². The van der Waals surface area contributed by atoms with Crippen molar-refractivity contribution in [3.05, 3.63) is 35.1 Å². The lowest BCUT2D eigenvalue weighted by molar-refractivity contribution is 0.328. The fourth-order valence-electron chi connectivity index (χ4n) is 1.90. The number of aryl methyl sites for hydroxylation is 1. The van der Waals surface area contributed by atoms with E-state index in [1.165, 1.54) is 11.6 Å². The Morgan fingerprint density at radius 1 is 1.31 bits per heavy atom. The van der Waals surface area contributed by atoms with Crippen molar-refractivity contribution < 1.29 is 4.39 Å². The average molecular weight is 223 g/mol. The van der Waals surface area contributed by atoms with Crippen LogP contribution in [0.15, 0.2) is 18.2 Å². The quantitative estimate of drug-likeness (QED) is 0.807. The molecule has 1 aromatic carbocycles.